The quantitative estimate of drug-likeness (QED) is 0.211. The molecule has 3 aromatic heterocycles. The number of aryl methyl sites for hydroxylation is 1. The lowest BCUT2D eigenvalue weighted by Gasteiger charge is -2.13. The zero-order valence-corrected chi connectivity index (χ0v) is 23.8. The summed E-state index contributed by atoms with van der Waals surface area (Å²) in [7, 11) is 7.58. The minimum atomic E-state index is -4.78. The van der Waals surface area contributed by atoms with Crippen LogP contribution < -0.4 is 18.9 Å². The predicted octanol–water partition coefficient (Wildman–Crippen LogP) is 6.10. The highest BCUT2D eigenvalue weighted by Gasteiger charge is 2.35. The second-order valence-electron chi connectivity index (χ2n) is 8.90. The van der Waals surface area contributed by atoms with E-state index in [4.69, 9.17) is 30.5 Å². The minimum absolute atomic E-state index is 0.00187. The molecule has 14 heteroatoms. The Hall–Kier alpha value is -4.78. The maximum Gasteiger partial charge on any atom is 0.433 e. The van der Waals surface area contributed by atoms with Crippen molar-refractivity contribution in [2.45, 2.75) is 6.18 Å². The van der Waals surface area contributed by atoms with E-state index in [0.717, 1.165) is 6.07 Å². The van der Waals surface area contributed by atoms with Crippen molar-refractivity contribution >= 4 is 11.6 Å². The molecule has 0 spiro atoms. The highest BCUT2D eigenvalue weighted by molar-refractivity contribution is 6.35. The van der Waals surface area contributed by atoms with Crippen molar-refractivity contribution in [1.82, 2.24) is 29.5 Å². The standard InChI is InChI=1S/C28H24ClF3N6O4/c1-37-14-17(13-33-37)18-12-23(28(30,31)32)35-27(34-18)38-26(16-7-9-20(40-3)22(11-16)42-5)24(29)25(36-38)15-6-8-19(39-2)21(10-15)41-4/h6-14H,1-5H3. The van der Waals surface area contributed by atoms with Crippen LogP contribution in [0.2, 0.25) is 5.02 Å². The summed E-state index contributed by atoms with van der Waals surface area (Å²) < 4.78 is 66.4. The number of hydrogen-bond donors (Lipinski definition) is 0. The van der Waals surface area contributed by atoms with Crippen LogP contribution in [0, 0.1) is 0 Å². The average Bonchev–Trinajstić information content (AvgIpc) is 3.58. The molecule has 3 heterocycles. The van der Waals surface area contributed by atoms with Crippen molar-refractivity contribution in [3.63, 3.8) is 0 Å². The number of benzene rings is 2. The van der Waals surface area contributed by atoms with Crippen LogP contribution in [0.3, 0.4) is 0 Å². The first-order chi connectivity index (χ1) is 20.1. The van der Waals surface area contributed by atoms with Gasteiger partial charge < -0.3 is 18.9 Å². The van der Waals surface area contributed by atoms with Crippen LogP contribution in [0.15, 0.2) is 54.9 Å². The second-order valence-corrected chi connectivity index (χ2v) is 9.28. The molecule has 0 atom stereocenters. The summed E-state index contributed by atoms with van der Waals surface area (Å²) in [4.78, 5) is 8.31. The molecule has 0 amide bonds. The molecule has 218 valence electrons. The highest BCUT2D eigenvalue weighted by Crippen LogP contribution is 2.42. The molecule has 0 aliphatic heterocycles. The summed E-state index contributed by atoms with van der Waals surface area (Å²) in [6.45, 7) is 0. The van der Waals surface area contributed by atoms with Crippen molar-refractivity contribution in [1.29, 1.82) is 0 Å². The van der Waals surface area contributed by atoms with Crippen molar-refractivity contribution in [2.24, 2.45) is 7.05 Å². The van der Waals surface area contributed by atoms with Gasteiger partial charge in [-0.3, -0.25) is 4.68 Å². The van der Waals surface area contributed by atoms with Gasteiger partial charge in [0.2, 0.25) is 0 Å². The molecule has 0 unspecified atom stereocenters. The van der Waals surface area contributed by atoms with Gasteiger partial charge in [0.25, 0.3) is 5.95 Å². The molecule has 0 aliphatic carbocycles. The van der Waals surface area contributed by atoms with Gasteiger partial charge in [-0.2, -0.15) is 28.1 Å². The summed E-state index contributed by atoms with van der Waals surface area (Å²) in [6.07, 6.45) is -1.82. The van der Waals surface area contributed by atoms with E-state index in [-0.39, 0.29) is 28.1 Å². The summed E-state index contributed by atoms with van der Waals surface area (Å²) in [5, 5.41) is 8.81. The van der Waals surface area contributed by atoms with Gasteiger partial charge in [0.15, 0.2) is 28.7 Å². The van der Waals surface area contributed by atoms with Crippen molar-refractivity contribution in [2.75, 3.05) is 28.4 Å². The summed E-state index contributed by atoms with van der Waals surface area (Å²) in [5.41, 5.74) is 0.628. The lowest BCUT2D eigenvalue weighted by atomic mass is 10.1. The van der Waals surface area contributed by atoms with Gasteiger partial charge in [-0.1, -0.05) is 11.6 Å². The van der Waals surface area contributed by atoms with Crippen molar-refractivity contribution in [3.8, 4) is 62.7 Å². The first kappa shape index (κ1) is 28.7. The fourth-order valence-electron chi connectivity index (χ4n) is 4.32. The van der Waals surface area contributed by atoms with Gasteiger partial charge in [-0.15, -0.1) is 0 Å². The normalized spacial score (nSPS) is 11.5. The number of aromatic nitrogens is 6. The van der Waals surface area contributed by atoms with E-state index in [2.05, 4.69) is 20.2 Å². The fraction of sp³-hybridized carbons (Fsp3) is 0.214. The van der Waals surface area contributed by atoms with E-state index >= 15 is 0 Å². The maximum absolute atomic E-state index is 14.1. The second kappa shape index (κ2) is 11.2. The molecule has 0 saturated carbocycles. The summed E-state index contributed by atoms with van der Waals surface area (Å²) in [6, 6.07) is 10.8. The zero-order chi connectivity index (χ0) is 30.2. The molecule has 5 aromatic rings. The Labute approximate surface area is 243 Å². The molecule has 5 rings (SSSR count). The molecule has 2 aromatic carbocycles. The number of alkyl halides is 3. The van der Waals surface area contributed by atoms with Crippen LogP contribution in [-0.2, 0) is 13.2 Å². The van der Waals surface area contributed by atoms with Gasteiger partial charge in [-0.25, -0.2) is 9.97 Å². The Morgan fingerprint density at radius 3 is 1.90 bits per heavy atom. The molecule has 0 radical (unpaired) electrons. The van der Waals surface area contributed by atoms with E-state index in [1.807, 2.05) is 0 Å². The third kappa shape index (κ3) is 5.30. The van der Waals surface area contributed by atoms with Gasteiger partial charge in [0.05, 0.1) is 51.0 Å². The molecule has 0 bridgehead atoms. The number of ether oxygens (including phenoxy) is 4. The van der Waals surface area contributed by atoms with Crippen LogP contribution >= 0.6 is 11.6 Å². The summed E-state index contributed by atoms with van der Waals surface area (Å²) >= 11 is 6.96. The first-order valence-corrected chi connectivity index (χ1v) is 12.6. The Morgan fingerprint density at radius 2 is 1.36 bits per heavy atom. The highest BCUT2D eigenvalue weighted by atomic mass is 35.5. The Morgan fingerprint density at radius 1 is 0.762 bits per heavy atom. The average molecular weight is 601 g/mol. The predicted molar refractivity (Wildman–Crippen MR) is 148 cm³/mol. The van der Waals surface area contributed by atoms with Crippen LogP contribution in [0.5, 0.6) is 23.0 Å². The number of rotatable bonds is 8. The maximum atomic E-state index is 14.1. The molecular formula is C28H24ClF3N6O4. The fourth-order valence-corrected chi connectivity index (χ4v) is 4.66. The van der Waals surface area contributed by atoms with Gasteiger partial charge in [-0.05, 0) is 42.5 Å². The van der Waals surface area contributed by atoms with E-state index in [1.54, 1.807) is 49.6 Å². The van der Waals surface area contributed by atoms with Gasteiger partial charge in [0.1, 0.15) is 5.69 Å². The Bertz CT molecular complexity index is 1770. The number of halogens is 4. The molecule has 0 N–H and O–H groups in total. The van der Waals surface area contributed by atoms with Crippen molar-refractivity contribution in [3.05, 3.63) is 65.6 Å². The van der Waals surface area contributed by atoms with E-state index in [9.17, 15) is 13.2 Å². The molecule has 42 heavy (non-hydrogen) atoms. The molecule has 0 fully saturated rings. The SMILES string of the molecule is COc1ccc(-c2nn(-c3nc(-c4cnn(C)c4)cc(C(F)(F)F)n3)c(-c3ccc(OC)c(OC)c3)c2Cl)cc1OC. The molecule has 0 aliphatic rings. The monoisotopic (exact) mass is 600 g/mol. The molecular weight excluding hydrogens is 577 g/mol. The minimum Gasteiger partial charge on any atom is -0.493 e. The van der Waals surface area contributed by atoms with E-state index in [1.165, 1.54) is 44.0 Å². The Balaban J connectivity index is 1.81. The lowest BCUT2D eigenvalue weighted by Crippen LogP contribution is -2.14. The first-order valence-electron chi connectivity index (χ1n) is 12.3. The molecule has 10 nitrogen and oxygen atoms in total. The van der Waals surface area contributed by atoms with Crippen LogP contribution in [0.4, 0.5) is 13.2 Å². The van der Waals surface area contributed by atoms with E-state index < -0.39 is 11.9 Å². The topological polar surface area (TPSA) is 98.3 Å². The van der Waals surface area contributed by atoms with Crippen molar-refractivity contribution < 1.29 is 32.1 Å². The Kier molecular flexibility index (Phi) is 7.69. The lowest BCUT2D eigenvalue weighted by molar-refractivity contribution is -0.141. The third-order valence-electron chi connectivity index (χ3n) is 6.34. The van der Waals surface area contributed by atoms with Crippen LogP contribution in [0.1, 0.15) is 5.69 Å². The van der Waals surface area contributed by atoms with E-state index in [0.29, 0.717) is 39.7 Å². The smallest absolute Gasteiger partial charge is 0.433 e. The van der Waals surface area contributed by atoms with Crippen LogP contribution in [0.25, 0.3) is 39.7 Å². The third-order valence-corrected chi connectivity index (χ3v) is 6.69. The largest absolute Gasteiger partial charge is 0.493 e. The number of hydrogen-bond acceptors (Lipinski definition) is 8. The molecule has 0 saturated heterocycles. The van der Waals surface area contributed by atoms with Crippen LogP contribution in [-0.4, -0.2) is 58.0 Å². The number of methoxy groups -OCH3 is 4. The van der Waals surface area contributed by atoms with Gasteiger partial charge in [0, 0.05) is 29.9 Å². The zero-order valence-electron chi connectivity index (χ0n) is 23.0. The van der Waals surface area contributed by atoms with Gasteiger partial charge >= 0.3 is 6.18 Å². The summed E-state index contributed by atoms with van der Waals surface area (Å²) in [5.74, 6) is 1.33. The number of nitrogens with zero attached hydrogens (tertiary/aromatic N) is 6.